The average Bonchev–Trinajstić information content (AvgIpc) is 3.26. The number of hydrogen-bond donors (Lipinski definition) is 2. The molecular formula is C30H37ClN4O2S. The largest absolute Gasteiger partial charge is 0.494 e. The predicted molar refractivity (Wildman–Crippen MR) is 161 cm³/mol. The Kier molecular flexibility index (Phi) is 11.0. The lowest BCUT2D eigenvalue weighted by Crippen LogP contribution is -2.21. The van der Waals surface area contributed by atoms with E-state index in [9.17, 15) is 4.79 Å². The number of amides is 1. The quantitative estimate of drug-likeness (QED) is 0.193. The van der Waals surface area contributed by atoms with Crippen molar-refractivity contribution < 1.29 is 9.53 Å². The van der Waals surface area contributed by atoms with Crippen molar-refractivity contribution in [2.75, 3.05) is 33.0 Å². The number of hydrogen-bond acceptors (Lipinski definition) is 6. The predicted octanol–water partition coefficient (Wildman–Crippen LogP) is 6.60. The lowest BCUT2D eigenvalue weighted by atomic mass is 10.1. The highest BCUT2D eigenvalue weighted by atomic mass is 35.5. The Morgan fingerprint density at radius 3 is 2.74 bits per heavy atom. The summed E-state index contributed by atoms with van der Waals surface area (Å²) in [5.74, 6) is 1.30. The van der Waals surface area contributed by atoms with Gasteiger partial charge in [-0.1, -0.05) is 43.3 Å². The molecule has 202 valence electrons. The Morgan fingerprint density at radius 1 is 1.08 bits per heavy atom. The van der Waals surface area contributed by atoms with E-state index in [1.165, 1.54) is 16.9 Å². The van der Waals surface area contributed by atoms with Crippen LogP contribution < -0.4 is 15.8 Å². The van der Waals surface area contributed by atoms with Crippen molar-refractivity contribution in [1.82, 2.24) is 15.2 Å². The van der Waals surface area contributed by atoms with Gasteiger partial charge in [-0.05, 0) is 86.6 Å². The number of thiophene rings is 1. The van der Waals surface area contributed by atoms with Crippen LogP contribution in [0.4, 0.5) is 5.82 Å². The van der Waals surface area contributed by atoms with Crippen molar-refractivity contribution in [3.05, 3.63) is 86.7 Å². The van der Waals surface area contributed by atoms with Crippen molar-refractivity contribution >= 4 is 45.4 Å². The monoisotopic (exact) mass is 552 g/mol. The number of fused-ring (bicyclic) bond motifs is 1. The van der Waals surface area contributed by atoms with Crippen LogP contribution in [0.25, 0.3) is 10.8 Å². The first-order chi connectivity index (χ1) is 17.9. The topological polar surface area (TPSA) is 80.5 Å². The van der Waals surface area contributed by atoms with E-state index in [1.807, 2.05) is 36.4 Å². The zero-order chi connectivity index (χ0) is 26.2. The van der Waals surface area contributed by atoms with E-state index in [4.69, 9.17) is 22.1 Å². The van der Waals surface area contributed by atoms with Gasteiger partial charge in [-0.25, -0.2) is 4.98 Å². The van der Waals surface area contributed by atoms with E-state index in [-0.39, 0.29) is 13.3 Å². The lowest BCUT2D eigenvalue weighted by Gasteiger charge is -2.11. The molecule has 6 nitrogen and oxygen atoms in total. The number of halogens is 1. The first-order valence-electron chi connectivity index (χ1n) is 12.4. The van der Waals surface area contributed by atoms with E-state index < -0.39 is 0 Å². The number of pyridine rings is 1. The van der Waals surface area contributed by atoms with Crippen molar-refractivity contribution in [2.24, 2.45) is 0 Å². The van der Waals surface area contributed by atoms with Gasteiger partial charge in [0.05, 0.1) is 16.5 Å². The third-order valence-corrected chi connectivity index (χ3v) is 7.72. The Labute approximate surface area is 234 Å². The molecule has 0 saturated carbocycles. The zero-order valence-corrected chi connectivity index (χ0v) is 22.9. The summed E-state index contributed by atoms with van der Waals surface area (Å²) in [5.41, 5.74) is 8.16. The summed E-state index contributed by atoms with van der Waals surface area (Å²) in [7, 11) is 4.13. The molecule has 8 heteroatoms. The molecule has 3 N–H and O–H groups in total. The van der Waals surface area contributed by atoms with Gasteiger partial charge in [0.1, 0.15) is 11.6 Å². The van der Waals surface area contributed by atoms with E-state index in [1.54, 1.807) is 12.3 Å². The molecule has 0 fully saturated rings. The number of nitrogens with one attached hydrogen (secondary N) is 1. The van der Waals surface area contributed by atoms with Gasteiger partial charge in [-0.3, -0.25) is 4.79 Å². The fraction of sp³-hybridized carbons (Fsp3) is 0.333. The number of ether oxygens (including phenoxy) is 1. The van der Waals surface area contributed by atoms with Gasteiger partial charge in [0.15, 0.2) is 0 Å². The minimum absolute atomic E-state index is 0. The summed E-state index contributed by atoms with van der Waals surface area (Å²) >= 11 is 7.94. The highest BCUT2D eigenvalue weighted by molar-refractivity contribution is 7.14. The molecule has 0 bridgehead atoms. The van der Waals surface area contributed by atoms with E-state index >= 15 is 0 Å². The van der Waals surface area contributed by atoms with Crippen LogP contribution in [-0.4, -0.2) is 43.0 Å². The molecule has 0 saturated heterocycles. The number of nitrogens with zero attached hydrogens (tertiary/aromatic N) is 2. The fourth-order valence-corrected chi connectivity index (χ4v) is 5.53. The SMILES string of the molecule is C.CN(C)CCCOc1cccc(CCCc2sc(C(=O)NCc3ccc4c(N)nccc4c3)cc2Cl)c1. The first kappa shape index (κ1) is 29.4. The zero-order valence-electron chi connectivity index (χ0n) is 21.3. The van der Waals surface area contributed by atoms with Crippen molar-refractivity contribution in [3.63, 3.8) is 0 Å². The molecule has 4 rings (SSSR count). The van der Waals surface area contributed by atoms with Crippen LogP contribution in [0.2, 0.25) is 5.02 Å². The summed E-state index contributed by atoms with van der Waals surface area (Å²) in [4.78, 5) is 20.7. The molecule has 0 aliphatic carbocycles. The average molecular weight is 553 g/mol. The van der Waals surface area contributed by atoms with Crippen LogP contribution in [0.5, 0.6) is 5.75 Å². The third-order valence-electron chi connectivity index (χ3n) is 6.08. The number of aromatic nitrogens is 1. The van der Waals surface area contributed by atoms with Crippen LogP contribution >= 0.6 is 22.9 Å². The third kappa shape index (κ3) is 8.18. The van der Waals surface area contributed by atoms with Crippen molar-refractivity contribution in [2.45, 2.75) is 39.7 Å². The van der Waals surface area contributed by atoms with E-state index in [0.717, 1.165) is 59.2 Å². The number of benzene rings is 2. The Balaban J connectivity index is 0.00000400. The lowest BCUT2D eigenvalue weighted by molar-refractivity contribution is 0.0955. The first-order valence-corrected chi connectivity index (χ1v) is 13.6. The summed E-state index contributed by atoms with van der Waals surface area (Å²) in [6.07, 6.45) is 5.38. The minimum Gasteiger partial charge on any atom is -0.494 e. The molecule has 2 aromatic heterocycles. The number of anilines is 1. The highest BCUT2D eigenvalue weighted by Gasteiger charge is 2.14. The number of carbonyl (C=O) groups excluding carboxylic acids is 1. The molecule has 38 heavy (non-hydrogen) atoms. The smallest absolute Gasteiger partial charge is 0.261 e. The maximum atomic E-state index is 12.8. The second kappa shape index (κ2) is 14.1. The maximum absolute atomic E-state index is 12.8. The van der Waals surface area contributed by atoms with Crippen LogP contribution in [0.15, 0.2) is 60.8 Å². The van der Waals surface area contributed by atoms with E-state index in [0.29, 0.717) is 28.9 Å². The van der Waals surface area contributed by atoms with Crippen molar-refractivity contribution in [3.8, 4) is 5.75 Å². The van der Waals surface area contributed by atoms with E-state index in [2.05, 4.69) is 41.4 Å². The molecule has 2 aromatic carbocycles. The molecular weight excluding hydrogens is 516 g/mol. The molecule has 0 atom stereocenters. The van der Waals surface area contributed by atoms with Gasteiger partial charge in [-0.2, -0.15) is 0 Å². The van der Waals surface area contributed by atoms with Gasteiger partial charge in [0.2, 0.25) is 0 Å². The van der Waals surface area contributed by atoms with Gasteiger partial charge in [0.25, 0.3) is 5.91 Å². The minimum atomic E-state index is -0.119. The maximum Gasteiger partial charge on any atom is 0.261 e. The van der Waals surface area contributed by atoms with Crippen LogP contribution in [0, 0.1) is 0 Å². The normalized spacial score (nSPS) is 10.9. The molecule has 0 spiro atoms. The Bertz CT molecular complexity index is 1360. The highest BCUT2D eigenvalue weighted by Crippen LogP contribution is 2.29. The molecule has 0 unspecified atom stereocenters. The summed E-state index contributed by atoms with van der Waals surface area (Å²) in [5, 5.41) is 5.56. The Morgan fingerprint density at radius 2 is 1.92 bits per heavy atom. The molecule has 0 aliphatic rings. The van der Waals surface area contributed by atoms with Gasteiger partial charge >= 0.3 is 0 Å². The number of nitrogen functional groups attached to an aromatic ring is 1. The molecule has 0 radical (unpaired) electrons. The number of nitrogens with two attached hydrogens (primary N) is 1. The number of rotatable bonds is 12. The standard InChI is InChI=1S/C29H33ClN4O2S.CH4/c1-34(2)14-5-15-36-23-8-3-6-20(17-23)7-4-9-26-25(30)18-27(37-26)29(35)33-19-21-10-11-24-22(16-21)12-13-32-28(24)31;/h3,6,8,10-13,16-18H,4-5,7,9,14-15,19H2,1-2H3,(H2,31,32)(H,33,35);1H4. The molecule has 4 aromatic rings. The second-order valence-corrected chi connectivity index (χ2v) is 10.9. The van der Waals surface area contributed by atoms with Gasteiger partial charge in [0, 0.05) is 29.5 Å². The van der Waals surface area contributed by atoms with Gasteiger partial charge < -0.3 is 20.7 Å². The fourth-order valence-electron chi connectivity index (χ4n) is 4.13. The number of carbonyl (C=O) groups is 1. The summed E-state index contributed by atoms with van der Waals surface area (Å²) in [6.45, 7) is 2.15. The number of aryl methyl sites for hydroxylation is 2. The summed E-state index contributed by atoms with van der Waals surface area (Å²) < 4.78 is 5.89. The van der Waals surface area contributed by atoms with Crippen LogP contribution in [0.1, 0.15) is 45.9 Å². The second-order valence-electron chi connectivity index (χ2n) is 9.32. The van der Waals surface area contributed by atoms with Crippen LogP contribution in [-0.2, 0) is 19.4 Å². The van der Waals surface area contributed by atoms with Crippen molar-refractivity contribution in [1.29, 1.82) is 0 Å². The Hall–Kier alpha value is -3.13. The molecule has 2 heterocycles. The van der Waals surface area contributed by atoms with Crippen LogP contribution in [0.3, 0.4) is 0 Å². The van der Waals surface area contributed by atoms with Gasteiger partial charge in [-0.15, -0.1) is 11.3 Å². The molecule has 0 aliphatic heterocycles. The molecule has 1 amide bonds. The summed E-state index contributed by atoms with van der Waals surface area (Å²) in [6, 6.07) is 17.9.